The van der Waals surface area contributed by atoms with Crippen LogP contribution in [-0.4, -0.2) is 54.1 Å². The molecule has 1 aromatic heterocycles. The van der Waals surface area contributed by atoms with E-state index in [9.17, 15) is 13.6 Å². The Bertz CT molecular complexity index is 991. The number of hydrogen-bond donors (Lipinski definition) is 2. The molecule has 0 saturated carbocycles. The summed E-state index contributed by atoms with van der Waals surface area (Å²) in [6, 6.07) is 4.21. The Balaban J connectivity index is 1.64. The molecule has 4 rings (SSSR count). The van der Waals surface area contributed by atoms with E-state index in [1.807, 2.05) is 0 Å². The van der Waals surface area contributed by atoms with Crippen LogP contribution in [0.1, 0.15) is 16.1 Å². The molecule has 11 heteroatoms. The van der Waals surface area contributed by atoms with Crippen molar-refractivity contribution in [3.05, 3.63) is 47.7 Å². The van der Waals surface area contributed by atoms with Crippen molar-refractivity contribution in [2.45, 2.75) is 10.9 Å². The van der Waals surface area contributed by atoms with E-state index in [2.05, 4.69) is 20.3 Å². The van der Waals surface area contributed by atoms with Crippen molar-refractivity contribution >= 4 is 28.5 Å². The lowest BCUT2D eigenvalue weighted by atomic mass is 9.83. The van der Waals surface area contributed by atoms with Crippen molar-refractivity contribution in [1.29, 1.82) is 0 Å². The van der Waals surface area contributed by atoms with Gasteiger partial charge >= 0.3 is 0 Å². The number of carbonyl (C=O) groups is 1. The number of amides is 1. The molecule has 2 aliphatic rings. The minimum absolute atomic E-state index is 0.0721. The molecule has 0 radical (unpaired) electrons. The summed E-state index contributed by atoms with van der Waals surface area (Å²) in [7, 11) is 1.44. The molecule has 0 spiro atoms. The summed E-state index contributed by atoms with van der Waals surface area (Å²) in [6.45, 7) is -0.368. The van der Waals surface area contributed by atoms with Gasteiger partial charge in [0, 0.05) is 23.7 Å². The Kier molecular flexibility index (Phi) is 5.56. The van der Waals surface area contributed by atoms with Crippen molar-refractivity contribution in [2.24, 2.45) is 16.6 Å². The Hall–Kier alpha value is -2.79. The fraction of sp³-hybridized carbons (Fsp3) is 0.368. The summed E-state index contributed by atoms with van der Waals surface area (Å²) in [4.78, 5) is 24.6. The third kappa shape index (κ3) is 3.58. The van der Waals surface area contributed by atoms with Crippen molar-refractivity contribution in [1.82, 2.24) is 9.97 Å². The number of alkyl halides is 1. The molecule has 3 heterocycles. The van der Waals surface area contributed by atoms with Crippen LogP contribution in [0.15, 0.2) is 35.6 Å². The molecule has 8 nitrogen and oxygen atoms in total. The van der Waals surface area contributed by atoms with Crippen molar-refractivity contribution < 1.29 is 23.0 Å². The zero-order valence-corrected chi connectivity index (χ0v) is 16.8. The summed E-state index contributed by atoms with van der Waals surface area (Å²) >= 11 is 1.17. The number of methoxy groups -OCH3 is 1. The molecular formula is C19H19F2N5O3S. The Morgan fingerprint density at radius 2 is 2.27 bits per heavy atom. The molecule has 30 heavy (non-hydrogen) atoms. The van der Waals surface area contributed by atoms with E-state index in [1.54, 1.807) is 0 Å². The van der Waals surface area contributed by atoms with Crippen molar-refractivity contribution in [2.75, 3.05) is 32.3 Å². The summed E-state index contributed by atoms with van der Waals surface area (Å²) in [5.41, 5.74) is 6.62. The zero-order valence-electron chi connectivity index (χ0n) is 16.0. The summed E-state index contributed by atoms with van der Waals surface area (Å²) in [5, 5.41) is 2.97. The van der Waals surface area contributed by atoms with Crippen molar-refractivity contribution in [3.8, 4) is 5.88 Å². The van der Waals surface area contributed by atoms with Gasteiger partial charge in [-0.3, -0.25) is 9.79 Å². The van der Waals surface area contributed by atoms with Gasteiger partial charge in [0.25, 0.3) is 5.91 Å². The van der Waals surface area contributed by atoms with Crippen molar-refractivity contribution in [3.63, 3.8) is 0 Å². The van der Waals surface area contributed by atoms with E-state index < -0.39 is 29.2 Å². The highest BCUT2D eigenvalue weighted by Crippen LogP contribution is 2.53. The van der Waals surface area contributed by atoms with E-state index in [1.165, 1.54) is 49.5 Å². The maximum Gasteiger partial charge on any atom is 0.275 e. The largest absolute Gasteiger partial charge is 0.480 e. The molecule has 0 unspecified atom stereocenters. The lowest BCUT2D eigenvalue weighted by Crippen LogP contribution is -2.42. The standard InChI is InChI=1S/C19H19F2N5O3S/c1-28-16-8-23-14(7-24-16)17(27)26-10-2-3-13(21)11(4-10)19-9-29-15(5-20)12(19)6-25-18(22)30-19/h2-4,7-8,12,15H,5-6,9H2,1H3,(H2,22,25)(H,26,27)/t12-,15+,19+/m0/s1. The van der Waals surface area contributed by atoms with Crippen LogP contribution in [0.5, 0.6) is 5.88 Å². The van der Waals surface area contributed by atoms with Gasteiger partial charge in [-0.2, -0.15) is 0 Å². The number of aromatic nitrogens is 2. The van der Waals surface area contributed by atoms with Gasteiger partial charge in [-0.05, 0) is 18.2 Å². The van der Waals surface area contributed by atoms with Gasteiger partial charge in [0.2, 0.25) is 5.88 Å². The molecular weight excluding hydrogens is 416 g/mol. The molecule has 158 valence electrons. The number of rotatable bonds is 5. The monoisotopic (exact) mass is 435 g/mol. The second kappa shape index (κ2) is 8.15. The molecule has 2 aromatic rings. The number of nitrogens with zero attached hydrogens (tertiary/aromatic N) is 3. The number of benzene rings is 1. The summed E-state index contributed by atoms with van der Waals surface area (Å²) < 4.78 is 38.0. The molecule has 3 N–H and O–H groups in total. The Morgan fingerprint density at radius 3 is 2.97 bits per heavy atom. The minimum Gasteiger partial charge on any atom is -0.480 e. The lowest BCUT2D eigenvalue weighted by molar-refractivity contribution is 0.0701. The molecule has 2 aliphatic heterocycles. The molecule has 1 aromatic carbocycles. The minimum atomic E-state index is -0.923. The lowest BCUT2D eigenvalue weighted by Gasteiger charge is -2.37. The number of nitrogens with one attached hydrogen (secondary N) is 1. The van der Waals surface area contributed by atoms with Gasteiger partial charge in [0.1, 0.15) is 18.2 Å². The highest BCUT2D eigenvalue weighted by Gasteiger charge is 2.54. The Labute approximate surface area is 175 Å². The fourth-order valence-corrected chi connectivity index (χ4v) is 4.96. The second-order valence-electron chi connectivity index (χ2n) is 6.87. The first-order chi connectivity index (χ1) is 14.5. The number of thioether (sulfide) groups is 1. The third-order valence-electron chi connectivity index (χ3n) is 5.19. The topological polar surface area (TPSA) is 112 Å². The van der Waals surface area contributed by atoms with E-state index in [0.717, 1.165) is 0 Å². The van der Waals surface area contributed by atoms with Crippen LogP contribution >= 0.6 is 11.8 Å². The van der Waals surface area contributed by atoms with Gasteiger partial charge in [0.05, 0.1) is 37.0 Å². The predicted molar refractivity (Wildman–Crippen MR) is 108 cm³/mol. The van der Waals surface area contributed by atoms with Crippen LogP contribution in [0.2, 0.25) is 0 Å². The normalized spacial score (nSPS) is 25.4. The maximum absolute atomic E-state index is 14.9. The molecule has 1 fully saturated rings. The van der Waals surface area contributed by atoms with E-state index in [-0.39, 0.29) is 41.4 Å². The summed E-state index contributed by atoms with van der Waals surface area (Å²) in [6.07, 6.45) is 1.90. The van der Waals surface area contributed by atoms with Crippen LogP contribution in [0, 0.1) is 11.7 Å². The van der Waals surface area contributed by atoms with Crippen LogP contribution < -0.4 is 15.8 Å². The van der Waals surface area contributed by atoms with E-state index >= 15 is 0 Å². The predicted octanol–water partition coefficient (Wildman–Crippen LogP) is 2.12. The molecule has 0 aliphatic carbocycles. The van der Waals surface area contributed by atoms with Gasteiger partial charge in [-0.25, -0.2) is 18.7 Å². The van der Waals surface area contributed by atoms with Crippen LogP contribution in [0.3, 0.4) is 0 Å². The number of nitrogens with two attached hydrogens (primary N) is 1. The average molecular weight is 435 g/mol. The maximum atomic E-state index is 14.9. The molecule has 3 atom stereocenters. The first-order valence-corrected chi connectivity index (χ1v) is 9.92. The van der Waals surface area contributed by atoms with Gasteiger partial charge in [0.15, 0.2) is 5.17 Å². The van der Waals surface area contributed by atoms with Crippen LogP contribution in [-0.2, 0) is 9.48 Å². The third-order valence-corrected chi connectivity index (χ3v) is 6.54. The number of halogens is 2. The first kappa shape index (κ1) is 20.5. The Morgan fingerprint density at radius 1 is 1.43 bits per heavy atom. The molecule has 0 bridgehead atoms. The van der Waals surface area contributed by atoms with Gasteiger partial charge in [-0.15, -0.1) is 0 Å². The number of aliphatic imine (C=N–C) groups is 1. The smallest absolute Gasteiger partial charge is 0.275 e. The SMILES string of the molecule is COc1cnc(C(=O)Nc2ccc(F)c([C@]34CO[C@H](CF)[C@@H]3CN=C(N)S4)c2)cn1. The van der Waals surface area contributed by atoms with E-state index in [0.29, 0.717) is 5.69 Å². The number of carbonyl (C=O) groups excluding carboxylic acids is 1. The second-order valence-corrected chi connectivity index (χ2v) is 8.22. The highest BCUT2D eigenvalue weighted by molar-refractivity contribution is 8.14. The number of anilines is 1. The number of fused-ring (bicyclic) bond motifs is 1. The molecule has 1 amide bonds. The zero-order chi connectivity index (χ0) is 21.3. The summed E-state index contributed by atoms with van der Waals surface area (Å²) in [5.74, 6) is -1.11. The molecule has 1 saturated heterocycles. The number of ether oxygens (including phenoxy) is 2. The number of amidine groups is 1. The highest BCUT2D eigenvalue weighted by atomic mass is 32.2. The fourth-order valence-electron chi connectivity index (χ4n) is 3.68. The van der Waals surface area contributed by atoms with Gasteiger partial charge in [-0.1, -0.05) is 11.8 Å². The quantitative estimate of drug-likeness (QED) is 0.740. The van der Waals surface area contributed by atoms with Crippen LogP contribution in [0.4, 0.5) is 14.5 Å². The number of hydrogen-bond acceptors (Lipinski definition) is 8. The van der Waals surface area contributed by atoms with Crippen LogP contribution in [0.25, 0.3) is 0 Å². The first-order valence-electron chi connectivity index (χ1n) is 9.10. The van der Waals surface area contributed by atoms with E-state index in [4.69, 9.17) is 15.2 Å². The average Bonchev–Trinajstić information content (AvgIpc) is 3.13. The van der Waals surface area contributed by atoms with Gasteiger partial charge < -0.3 is 20.5 Å².